The van der Waals surface area contributed by atoms with Crippen LogP contribution < -0.4 is 0 Å². The zero-order chi connectivity index (χ0) is 9.64. The van der Waals surface area contributed by atoms with Gasteiger partial charge in [0.05, 0.1) is 12.7 Å². The van der Waals surface area contributed by atoms with E-state index in [4.69, 9.17) is 14.2 Å². The maximum Gasteiger partial charge on any atom is 0.151 e. The lowest BCUT2D eigenvalue weighted by Crippen LogP contribution is -2.26. The number of hydrogen-bond acceptors (Lipinski definition) is 3. The highest BCUT2D eigenvalue weighted by Crippen LogP contribution is 2.24. The molecule has 81 valence electrons. The van der Waals surface area contributed by atoms with Gasteiger partial charge in [-0.1, -0.05) is 12.8 Å². The van der Waals surface area contributed by atoms with Crippen molar-refractivity contribution in [3.05, 3.63) is 6.10 Å². The summed E-state index contributed by atoms with van der Waals surface area (Å²) in [7, 11) is 0. The van der Waals surface area contributed by atoms with Crippen molar-refractivity contribution in [2.75, 3.05) is 26.4 Å². The third-order valence-electron chi connectivity index (χ3n) is 2.75. The molecule has 0 aromatic rings. The molecule has 2 heterocycles. The SMILES string of the molecule is C1CCOC([C]2COCCCO2)CC1. The Morgan fingerprint density at radius 3 is 2.93 bits per heavy atom. The highest BCUT2D eigenvalue weighted by atomic mass is 16.6. The van der Waals surface area contributed by atoms with Crippen LogP contribution in [0.15, 0.2) is 0 Å². The molecule has 0 saturated carbocycles. The molecule has 0 spiro atoms. The molecule has 1 atom stereocenters. The van der Waals surface area contributed by atoms with Crippen molar-refractivity contribution in [1.29, 1.82) is 0 Å². The molecule has 0 aromatic heterocycles. The minimum absolute atomic E-state index is 0.190. The van der Waals surface area contributed by atoms with Gasteiger partial charge in [0.15, 0.2) is 6.10 Å². The second-order valence-corrected chi connectivity index (χ2v) is 3.93. The highest BCUT2D eigenvalue weighted by Gasteiger charge is 2.26. The Balaban J connectivity index is 1.83. The van der Waals surface area contributed by atoms with E-state index in [1.807, 2.05) is 0 Å². The predicted molar refractivity (Wildman–Crippen MR) is 52.8 cm³/mol. The Morgan fingerprint density at radius 1 is 0.929 bits per heavy atom. The van der Waals surface area contributed by atoms with Gasteiger partial charge in [0.1, 0.15) is 0 Å². The van der Waals surface area contributed by atoms with E-state index in [0.717, 1.165) is 38.8 Å². The standard InChI is InChI=1S/C11H19O3/c1-2-5-10(13-7-3-1)11-9-12-6-4-8-14-11/h10H,1-9H2. The lowest BCUT2D eigenvalue weighted by Gasteiger charge is -2.22. The summed E-state index contributed by atoms with van der Waals surface area (Å²) in [6.45, 7) is 3.10. The third kappa shape index (κ3) is 2.94. The van der Waals surface area contributed by atoms with Crippen LogP contribution in [-0.4, -0.2) is 32.5 Å². The molecule has 0 amide bonds. The van der Waals surface area contributed by atoms with Crippen molar-refractivity contribution < 1.29 is 14.2 Å². The molecule has 2 rings (SSSR count). The van der Waals surface area contributed by atoms with Gasteiger partial charge in [0, 0.05) is 19.8 Å². The highest BCUT2D eigenvalue weighted by molar-refractivity contribution is 4.90. The molecule has 0 aliphatic carbocycles. The van der Waals surface area contributed by atoms with E-state index in [2.05, 4.69) is 0 Å². The first-order valence-electron chi connectivity index (χ1n) is 5.65. The first-order valence-corrected chi connectivity index (χ1v) is 5.65. The second kappa shape index (κ2) is 5.69. The molecule has 3 heteroatoms. The molecule has 14 heavy (non-hydrogen) atoms. The second-order valence-electron chi connectivity index (χ2n) is 3.93. The topological polar surface area (TPSA) is 27.7 Å². The summed E-state index contributed by atoms with van der Waals surface area (Å²) in [6, 6.07) is 0. The molecule has 1 unspecified atom stereocenters. The third-order valence-corrected chi connectivity index (χ3v) is 2.75. The van der Waals surface area contributed by atoms with E-state index < -0.39 is 0 Å². The first-order chi connectivity index (χ1) is 6.97. The minimum Gasteiger partial charge on any atom is -0.378 e. The quantitative estimate of drug-likeness (QED) is 0.645. The molecular formula is C11H19O3. The summed E-state index contributed by atoms with van der Waals surface area (Å²) in [5, 5.41) is 0. The monoisotopic (exact) mass is 199 g/mol. The molecule has 2 aliphatic rings. The van der Waals surface area contributed by atoms with Crippen molar-refractivity contribution in [1.82, 2.24) is 0 Å². The van der Waals surface area contributed by atoms with Crippen LogP contribution >= 0.6 is 0 Å². The van der Waals surface area contributed by atoms with Crippen molar-refractivity contribution in [3.63, 3.8) is 0 Å². The average Bonchev–Trinajstić information content (AvgIpc) is 2.62. The van der Waals surface area contributed by atoms with Gasteiger partial charge in [-0.3, -0.25) is 0 Å². The fraction of sp³-hybridized carbons (Fsp3) is 0.909. The Morgan fingerprint density at radius 2 is 1.93 bits per heavy atom. The maximum atomic E-state index is 5.76. The summed E-state index contributed by atoms with van der Waals surface area (Å²) in [5.41, 5.74) is 0. The number of rotatable bonds is 1. The molecule has 0 aromatic carbocycles. The summed E-state index contributed by atoms with van der Waals surface area (Å²) in [5.74, 6) is 0. The largest absolute Gasteiger partial charge is 0.378 e. The van der Waals surface area contributed by atoms with Crippen molar-refractivity contribution in [3.8, 4) is 0 Å². The van der Waals surface area contributed by atoms with Crippen LogP contribution in [0.4, 0.5) is 0 Å². The van der Waals surface area contributed by atoms with Gasteiger partial charge in [-0.25, -0.2) is 0 Å². The zero-order valence-corrected chi connectivity index (χ0v) is 8.67. The van der Waals surface area contributed by atoms with Gasteiger partial charge >= 0.3 is 0 Å². The smallest absolute Gasteiger partial charge is 0.151 e. The molecule has 0 bridgehead atoms. The summed E-state index contributed by atoms with van der Waals surface area (Å²) >= 11 is 0. The van der Waals surface area contributed by atoms with E-state index in [9.17, 15) is 0 Å². The van der Waals surface area contributed by atoms with E-state index in [1.165, 1.54) is 19.3 Å². The van der Waals surface area contributed by atoms with Gasteiger partial charge < -0.3 is 14.2 Å². The zero-order valence-electron chi connectivity index (χ0n) is 8.67. The molecule has 3 nitrogen and oxygen atoms in total. The van der Waals surface area contributed by atoms with E-state index in [1.54, 1.807) is 0 Å². The number of ether oxygens (including phenoxy) is 3. The van der Waals surface area contributed by atoms with Crippen molar-refractivity contribution >= 4 is 0 Å². The molecule has 1 radical (unpaired) electrons. The Kier molecular flexibility index (Phi) is 4.22. The average molecular weight is 199 g/mol. The Hall–Kier alpha value is -0.120. The van der Waals surface area contributed by atoms with Gasteiger partial charge in [-0.2, -0.15) is 0 Å². The molecule has 2 aliphatic heterocycles. The van der Waals surface area contributed by atoms with Gasteiger partial charge in [0.2, 0.25) is 0 Å². The number of hydrogen-bond donors (Lipinski definition) is 0. The lowest BCUT2D eigenvalue weighted by atomic mass is 10.1. The Labute approximate surface area is 85.7 Å². The van der Waals surface area contributed by atoms with Crippen LogP contribution in [0.3, 0.4) is 0 Å². The molecule has 2 fully saturated rings. The normalized spacial score (nSPS) is 32.1. The van der Waals surface area contributed by atoms with Crippen LogP contribution in [0.5, 0.6) is 0 Å². The van der Waals surface area contributed by atoms with Crippen LogP contribution in [0.1, 0.15) is 32.1 Å². The van der Waals surface area contributed by atoms with E-state index in [-0.39, 0.29) is 6.10 Å². The fourth-order valence-electron chi connectivity index (χ4n) is 1.94. The molecular weight excluding hydrogens is 180 g/mol. The maximum absolute atomic E-state index is 5.76. The van der Waals surface area contributed by atoms with Gasteiger partial charge in [0.25, 0.3) is 0 Å². The minimum atomic E-state index is 0.190. The first kappa shape index (κ1) is 10.4. The predicted octanol–water partition coefficient (Wildman–Crippen LogP) is 1.91. The van der Waals surface area contributed by atoms with E-state index in [0.29, 0.717) is 6.61 Å². The summed E-state index contributed by atoms with van der Waals surface area (Å²) in [4.78, 5) is 0. The van der Waals surface area contributed by atoms with Crippen LogP contribution in [-0.2, 0) is 14.2 Å². The van der Waals surface area contributed by atoms with Crippen LogP contribution in [0, 0.1) is 6.10 Å². The molecule has 0 N–H and O–H groups in total. The lowest BCUT2D eigenvalue weighted by molar-refractivity contribution is -0.0211. The van der Waals surface area contributed by atoms with Gasteiger partial charge in [-0.15, -0.1) is 0 Å². The Bertz CT molecular complexity index is 127. The van der Waals surface area contributed by atoms with Crippen LogP contribution in [0.2, 0.25) is 0 Å². The van der Waals surface area contributed by atoms with Gasteiger partial charge in [-0.05, 0) is 19.3 Å². The fourth-order valence-corrected chi connectivity index (χ4v) is 1.94. The summed E-state index contributed by atoms with van der Waals surface area (Å²) < 4.78 is 16.9. The van der Waals surface area contributed by atoms with Crippen molar-refractivity contribution in [2.24, 2.45) is 0 Å². The molecule has 2 saturated heterocycles. The summed E-state index contributed by atoms with van der Waals surface area (Å²) in [6.07, 6.45) is 7.02. The van der Waals surface area contributed by atoms with E-state index >= 15 is 0 Å². The van der Waals surface area contributed by atoms with Crippen LogP contribution in [0.25, 0.3) is 0 Å². The van der Waals surface area contributed by atoms with Crippen molar-refractivity contribution in [2.45, 2.75) is 38.2 Å².